The number of rotatable bonds is 0. The van der Waals surface area contributed by atoms with E-state index in [1.54, 1.807) is 6.92 Å². The van der Waals surface area contributed by atoms with Gasteiger partial charge in [0.2, 0.25) is 0 Å². The van der Waals surface area contributed by atoms with Crippen LogP contribution in [0.1, 0.15) is 16.8 Å². The summed E-state index contributed by atoms with van der Waals surface area (Å²) in [5.41, 5.74) is 15.2. The third-order valence-corrected chi connectivity index (χ3v) is 3.99. The number of phenols is 2. The van der Waals surface area contributed by atoms with Crippen LogP contribution in [0.3, 0.4) is 0 Å². The predicted molar refractivity (Wildman–Crippen MR) is 70.8 cm³/mol. The Morgan fingerprint density at radius 3 is 2.50 bits per heavy atom. The fourth-order valence-corrected chi connectivity index (χ4v) is 2.96. The summed E-state index contributed by atoms with van der Waals surface area (Å²) >= 11 is 0. The molecule has 0 aliphatic carbocycles. The molecule has 2 aromatic rings. The molecule has 5 heteroatoms. The lowest BCUT2D eigenvalue weighted by Gasteiger charge is -2.11. The Labute approximate surface area is 105 Å². The second-order valence-electron chi connectivity index (χ2n) is 5.11. The number of aryl methyl sites for hydroxylation is 1. The molecule has 6 N–H and O–H groups in total. The molecule has 0 unspecified atom stereocenters. The Hall–Kier alpha value is -1.88. The standard InChI is InChI=1S/C13H17N3O2/c1-5-8-3-7(14)4-16(8)11-9(5)13(18)10(15)6(2)12(11)17/h7,17-18H,3-4,14-15H2,1-2H3/t7-/m1/s1. The van der Waals surface area contributed by atoms with E-state index in [1.165, 1.54) is 0 Å². The SMILES string of the molecule is Cc1c(N)c(O)c2c(C)c3n(c2c1O)C[C@H](N)C3. The first-order valence-electron chi connectivity index (χ1n) is 6.00. The summed E-state index contributed by atoms with van der Waals surface area (Å²) in [6.45, 7) is 4.30. The second-order valence-corrected chi connectivity index (χ2v) is 5.11. The fourth-order valence-electron chi connectivity index (χ4n) is 2.96. The van der Waals surface area contributed by atoms with Crippen LogP contribution in [-0.2, 0) is 13.0 Å². The molecule has 0 radical (unpaired) electrons. The normalized spacial score (nSPS) is 18.5. The van der Waals surface area contributed by atoms with Crippen molar-refractivity contribution in [1.82, 2.24) is 4.57 Å². The third kappa shape index (κ3) is 1.14. The van der Waals surface area contributed by atoms with Crippen LogP contribution in [-0.4, -0.2) is 20.8 Å². The third-order valence-electron chi connectivity index (χ3n) is 3.99. The van der Waals surface area contributed by atoms with Crippen LogP contribution in [0.4, 0.5) is 5.69 Å². The van der Waals surface area contributed by atoms with Gasteiger partial charge in [0.05, 0.1) is 16.6 Å². The highest BCUT2D eigenvalue weighted by molar-refractivity contribution is 6.00. The zero-order valence-corrected chi connectivity index (χ0v) is 10.5. The molecule has 0 fully saturated rings. The topological polar surface area (TPSA) is 97.4 Å². The number of phenolic OH excluding ortho intramolecular Hbond substituents is 2. The summed E-state index contributed by atoms with van der Waals surface area (Å²) < 4.78 is 2.00. The molecule has 5 nitrogen and oxygen atoms in total. The maximum absolute atomic E-state index is 10.3. The lowest BCUT2D eigenvalue weighted by molar-refractivity contribution is 0.465. The molecule has 18 heavy (non-hydrogen) atoms. The Morgan fingerprint density at radius 2 is 1.83 bits per heavy atom. The molecule has 1 aliphatic heterocycles. The Morgan fingerprint density at radius 1 is 1.17 bits per heavy atom. The van der Waals surface area contributed by atoms with Crippen molar-refractivity contribution < 1.29 is 10.2 Å². The minimum absolute atomic E-state index is 0.0632. The summed E-state index contributed by atoms with van der Waals surface area (Å²) in [4.78, 5) is 0. The molecule has 0 saturated carbocycles. The molecule has 2 heterocycles. The fraction of sp³-hybridized carbons (Fsp3) is 0.385. The van der Waals surface area contributed by atoms with Gasteiger partial charge in [0.25, 0.3) is 0 Å². The Bertz CT molecular complexity index is 673. The van der Waals surface area contributed by atoms with E-state index in [0.29, 0.717) is 23.0 Å². The molecule has 3 rings (SSSR count). The molecule has 96 valence electrons. The number of aromatic nitrogens is 1. The van der Waals surface area contributed by atoms with Gasteiger partial charge in [-0.1, -0.05) is 0 Å². The number of hydrogen-bond donors (Lipinski definition) is 4. The maximum atomic E-state index is 10.3. The molecule has 0 spiro atoms. The summed E-state index contributed by atoms with van der Waals surface area (Å²) in [6, 6.07) is 0.0718. The molecule has 1 aromatic heterocycles. The molecular weight excluding hydrogens is 230 g/mol. The predicted octanol–water partition coefficient (Wildman–Crippen LogP) is 1.13. The summed E-state index contributed by atoms with van der Waals surface area (Å²) in [6.07, 6.45) is 0.762. The number of aromatic hydroxyl groups is 2. The van der Waals surface area contributed by atoms with Crippen molar-refractivity contribution in [2.45, 2.75) is 32.9 Å². The van der Waals surface area contributed by atoms with Crippen LogP contribution in [0, 0.1) is 13.8 Å². The van der Waals surface area contributed by atoms with Gasteiger partial charge in [0.15, 0.2) is 0 Å². The van der Waals surface area contributed by atoms with E-state index in [1.807, 2.05) is 11.5 Å². The summed E-state index contributed by atoms with van der Waals surface area (Å²) in [7, 11) is 0. The minimum Gasteiger partial charge on any atom is -0.505 e. The van der Waals surface area contributed by atoms with Gasteiger partial charge in [0, 0.05) is 30.3 Å². The number of fused-ring (bicyclic) bond motifs is 3. The van der Waals surface area contributed by atoms with Crippen molar-refractivity contribution in [1.29, 1.82) is 0 Å². The van der Waals surface area contributed by atoms with E-state index in [-0.39, 0.29) is 23.2 Å². The van der Waals surface area contributed by atoms with Gasteiger partial charge >= 0.3 is 0 Å². The van der Waals surface area contributed by atoms with Gasteiger partial charge in [0.1, 0.15) is 11.5 Å². The monoisotopic (exact) mass is 247 g/mol. The second kappa shape index (κ2) is 3.32. The zero-order chi connectivity index (χ0) is 13.2. The van der Waals surface area contributed by atoms with Crippen LogP contribution >= 0.6 is 0 Å². The molecule has 0 amide bonds. The van der Waals surface area contributed by atoms with Crippen molar-refractivity contribution >= 4 is 16.6 Å². The highest BCUT2D eigenvalue weighted by atomic mass is 16.3. The lowest BCUT2D eigenvalue weighted by Crippen LogP contribution is -2.20. The molecule has 0 bridgehead atoms. The first-order chi connectivity index (χ1) is 8.43. The Balaban J connectivity index is 2.51. The Kier molecular flexibility index (Phi) is 2.07. The van der Waals surface area contributed by atoms with Gasteiger partial charge in [-0.05, 0) is 19.4 Å². The first-order valence-corrected chi connectivity index (χ1v) is 6.00. The van der Waals surface area contributed by atoms with Crippen LogP contribution in [0.5, 0.6) is 11.5 Å². The highest BCUT2D eigenvalue weighted by Gasteiger charge is 2.28. The number of nitrogen functional groups attached to an aromatic ring is 1. The van der Waals surface area contributed by atoms with Crippen LogP contribution in [0.15, 0.2) is 0 Å². The quantitative estimate of drug-likeness (QED) is 0.319. The van der Waals surface area contributed by atoms with E-state index in [2.05, 4.69) is 0 Å². The smallest absolute Gasteiger partial charge is 0.148 e. The van der Waals surface area contributed by atoms with Gasteiger partial charge in [-0.3, -0.25) is 0 Å². The number of hydrogen-bond acceptors (Lipinski definition) is 4. The summed E-state index contributed by atoms with van der Waals surface area (Å²) in [5, 5.41) is 21.1. The lowest BCUT2D eigenvalue weighted by atomic mass is 10.0. The zero-order valence-electron chi connectivity index (χ0n) is 10.5. The van der Waals surface area contributed by atoms with Crippen molar-refractivity contribution in [3.05, 3.63) is 16.8 Å². The van der Waals surface area contributed by atoms with Crippen LogP contribution in [0.2, 0.25) is 0 Å². The average Bonchev–Trinajstić information content (AvgIpc) is 2.81. The molecule has 1 atom stereocenters. The maximum Gasteiger partial charge on any atom is 0.148 e. The average molecular weight is 247 g/mol. The van der Waals surface area contributed by atoms with E-state index in [0.717, 1.165) is 17.7 Å². The van der Waals surface area contributed by atoms with Gasteiger partial charge in [-0.2, -0.15) is 0 Å². The van der Waals surface area contributed by atoms with Crippen molar-refractivity contribution in [2.75, 3.05) is 5.73 Å². The van der Waals surface area contributed by atoms with Crippen LogP contribution in [0.25, 0.3) is 10.9 Å². The molecule has 1 aliphatic rings. The summed E-state index contributed by atoms with van der Waals surface area (Å²) in [5.74, 6) is 0.206. The molecule has 1 aromatic carbocycles. The van der Waals surface area contributed by atoms with E-state index in [9.17, 15) is 10.2 Å². The largest absolute Gasteiger partial charge is 0.505 e. The molecule has 0 saturated heterocycles. The van der Waals surface area contributed by atoms with Crippen LogP contribution < -0.4 is 11.5 Å². The first kappa shape index (κ1) is 11.2. The van der Waals surface area contributed by atoms with E-state index < -0.39 is 0 Å². The number of nitrogens with zero attached hydrogens (tertiary/aromatic N) is 1. The van der Waals surface area contributed by atoms with Gasteiger partial charge < -0.3 is 26.2 Å². The van der Waals surface area contributed by atoms with E-state index >= 15 is 0 Å². The van der Waals surface area contributed by atoms with Crippen molar-refractivity contribution in [3.8, 4) is 11.5 Å². The van der Waals surface area contributed by atoms with Gasteiger partial charge in [-0.15, -0.1) is 0 Å². The number of nitrogens with two attached hydrogens (primary N) is 2. The number of anilines is 1. The minimum atomic E-state index is 0.0632. The highest BCUT2D eigenvalue weighted by Crippen LogP contribution is 2.45. The van der Waals surface area contributed by atoms with Gasteiger partial charge in [-0.25, -0.2) is 0 Å². The van der Waals surface area contributed by atoms with Crippen molar-refractivity contribution in [3.63, 3.8) is 0 Å². The number of benzene rings is 1. The van der Waals surface area contributed by atoms with E-state index in [4.69, 9.17) is 11.5 Å². The molecular formula is C13H17N3O2. The van der Waals surface area contributed by atoms with Crippen molar-refractivity contribution in [2.24, 2.45) is 5.73 Å².